The van der Waals surface area contributed by atoms with E-state index in [2.05, 4.69) is 21.7 Å². The molecule has 1 fully saturated rings. The van der Waals surface area contributed by atoms with Gasteiger partial charge in [-0.3, -0.25) is 24.5 Å². The number of aromatic nitrogens is 3. The van der Waals surface area contributed by atoms with Crippen molar-refractivity contribution in [2.45, 2.75) is 38.4 Å². The van der Waals surface area contributed by atoms with E-state index in [1.54, 1.807) is 35.4 Å². The highest BCUT2D eigenvalue weighted by atomic mass is 16.2. The molecule has 0 spiro atoms. The van der Waals surface area contributed by atoms with Crippen LogP contribution in [0.5, 0.6) is 0 Å². The van der Waals surface area contributed by atoms with E-state index < -0.39 is 11.9 Å². The van der Waals surface area contributed by atoms with E-state index in [0.717, 1.165) is 16.7 Å². The Morgan fingerprint density at radius 1 is 1.08 bits per heavy atom. The van der Waals surface area contributed by atoms with E-state index in [9.17, 15) is 24.4 Å². The molecule has 3 aliphatic rings. The molecular weight excluding hydrogens is 474 g/mol. The third-order valence-electron chi connectivity index (χ3n) is 7.16. The minimum atomic E-state index is -0.685. The number of piperidine rings is 1. The number of imide groups is 1. The van der Waals surface area contributed by atoms with Crippen molar-refractivity contribution >= 4 is 23.6 Å². The lowest BCUT2D eigenvalue weighted by atomic mass is 9.95. The van der Waals surface area contributed by atoms with Crippen molar-refractivity contribution < 1.29 is 19.2 Å². The third-order valence-corrected chi connectivity index (χ3v) is 7.16. The van der Waals surface area contributed by atoms with Crippen LogP contribution in [0.25, 0.3) is 5.69 Å². The van der Waals surface area contributed by atoms with Crippen LogP contribution in [0.4, 0.5) is 0 Å². The molecule has 2 aromatic carbocycles. The van der Waals surface area contributed by atoms with Gasteiger partial charge < -0.3 is 9.80 Å². The van der Waals surface area contributed by atoms with Gasteiger partial charge in [-0.1, -0.05) is 17.3 Å². The second-order valence-corrected chi connectivity index (χ2v) is 9.32. The van der Waals surface area contributed by atoms with Crippen LogP contribution < -0.4 is 5.32 Å². The average Bonchev–Trinajstić information content (AvgIpc) is 3.52. The number of hydrogen-bond donors (Lipinski definition) is 1. The van der Waals surface area contributed by atoms with Crippen LogP contribution in [-0.2, 0) is 29.1 Å². The maximum Gasteiger partial charge on any atom is 0.276 e. The Bertz CT molecular complexity index is 1540. The topological polar surface area (TPSA) is 141 Å². The molecule has 1 aromatic heterocycles. The predicted octanol–water partition coefficient (Wildman–Crippen LogP) is 1.10. The Balaban J connectivity index is 1.19. The van der Waals surface area contributed by atoms with Crippen molar-refractivity contribution in [2.75, 3.05) is 6.54 Å². The van der Waals surface area contributed by atoms with Gasteiger partial charge in [0.1, 0.15) is 6.04 Å². The van der Waals surface area contributed by atoms with Gasteiger partial charge in [-0.25, -0.2) is 4.68 Å². The first-order chi connectivity index (χ1) is 17.9. The number of carbonyl (C=O) groups excluding carboxylic acids is 4. The fourth-order valence-corrected chi connectivity index (χ4v) is 5.24. The molecule has 1 N–H and O–H groups in total. The average molecular weight is 495 g/mol. The molecule has 37 heavy (non-hydrogen) atoms. The molecule has 184 valence electrons. The fraction of sp³-hybridized carbons (Fsp3) is 0.269. The molecule has 0 saturated carbocycles. The summed E-state index contributed by atoms with van der Waals surface area (Å²) in [6.45, 7) is 1.12. The first kappa shape index (κ1) is 22.6. The van der Waals surface area contributed by atoms with Crippen LogP contribution in [0.2, 0.25) is 0 Å². The van der Waals surface area contributed by atoms with Gasteiger partial charge in [0.2, 0.25) is 11.8 Å². The number of nitrogens with one attached hydrogen (secondary N) is 1. The fourth-order valence-electron chi connectivity index (χ4n) is 5.24. The second-order valence-electron chi connectivity index (χ2n) is 9.32. The summed E-state index contributed by atoms with van der Waals surface area (Å²) in [5.41, 5.74) is 4.63. The van der Waals surface area contributed by atoms with Crippen LogP contribution >= 0.6 is 0 Å². The van der Waals surface area contributed by atoms with Crippen LogP contribution in [0, 0.1) is 11.3 Å². The van der Waals surface area contributed by atoms with E-state index in [1.807, 2.05) is 12.1 Å². The maximum atomic E-state index is 13.1. The zero-order valence-electron chi connectivity index (χ0n) is 19.7. The summed E-state index contributed by atoms with van der Waals surface area (Å²) in [7, 11) is 0. The highest BCUT2D eigenvalue weighted by molar-refractivity contribution is 6.05. The first-order valence-corrected chi connectivity index (χ1v) is 11.9. The third kappa shape index (κ3) is 3.83. The van der Waals surface area contributed by atoms with E-state index in [-0.39, 0.29) is 36.4 Å². The minimum absolute atomic E-state index is 0.194. The van der Waals surface area contributed by atoms with Crippen LogP contribution in [0.15, 0.2) is 42.6 Å². The highest BCUT2D eigenvalue weighted by Gasteiger charge is 2.39. The standard InChI is InChI=1S/C26H21N7O4/c27-11-15-2-1-3-16-12-31(9-8-19(15)16)26(37)21-14-33(30-29-21)18-4-5-20-17(10-18)13-32(25(20)36)22-6-7-23(34)28-24(22)35/h1-5,10,14,22H,6-9,12-13H2,(H,28,34,35). The molecule has 6 rings (SSSR count). The van der Waals surface area contributed by atoms with Gasteiger partial charge in [-0.15, -0.1) is 5.10 Å². The minimum Gasteiger partial charge on any atom is -0.333 e. The van der Waals surface area contributed by atoms with E-state index in [0.29, 0.717) is 42.7 Å². The molecule has 11 heteroatoms. The van der Waals surface area contributed by atoms with Crippen LogP contribution in [-0.4, -0.2) is 61.0 Å². The molecule has 0 bridgehead atoms. The molecule has 3 aliphatic heterocycles. The zero-order valence-corrected chi connectivity index (χ0v) is 19.7. The number of nitriles is 1. The number of amides is 4. The highest BCUT2D eigenvalue weighted by Crippen LogP contribution is 2.29. The number of fused-ring (bicyclic) bond motifs is 2. The van der Waals surface area contributed by atoms with Gasteiger partial charge in [0, 0.05) is 31.6 Å². The lowest BCUT2D eigenvalue weighted by molar-refractivity contribution is -0.136. The van der Waals surface area contributed by atoms with Crippen molar-refractivity contribution in [1.29, 1.82) is 5.26 Å². The summed E-state index contributed by atoms with van der Waals surface area (Å²) in [5, 5.41) is 19.8. The summed E-state index contributed by atoms with van der Waals surface area (Å²) in [5.74, 6) is -1.29. The van der Waals surface area contributed by atoms with E-state index >= 15 is 0 Å². The Labute approximate surface area is 211 Å². The SMILES string of the molecule is N#Cc1cccc2c1CCN(C(=O)c1cn(-c3ccc4c(c3)CN(C3CCC(=O)NC3=O)C4=O)nn1)C2. The van der Waals surface area contributed by atoms with Crippen LogP contribution in [0.3, 0.4) is 0 Å². The Morgan fingerprint density at radius 2 is 1.95 bits per heavy atom. The second kappa shape index (κ2) is 8.67. The van der Waals surface area contributed by atoms with Crippen molar-refractivity contribution in [3.05, 3.63) is 76.1 Å². The molecule has 4 heterocycles. The molecule has 0 radical (unpaired) electrons. The van der Waals surface area contributed by atoms with Gasteiger partial charge in [-0.05, 0) is 53.8 Å². The normalized spacial score (nSPS) is 18.8. The molecule has 1 saturated heterocycles. The van der Waals surface area contributed by atoms with Crippen molar-refractivity contribution in [3.63, 3.8) is 0 Å². The number of nitrogens with zero attached hydrogens (tertiary/aromatic N) is 6. The number of rotatable bonds is 3. The maximum absolute atomic E-state index is 13.1. The van der Waals surface area contributed by atoms with Crippen molar-refractivity contribution in [1.82, 2.24) is 30.1 Å². The molecule has 11 nitrogen and oxygen atoms in total. The van der Waals surface area contributed by atoms with E-state index in [4.69, 9.17) is 0 Å². The first-order valence-electron chi connectivity index (χ1n) is 11.9. The van der Waals surface area contributed by atoms with Gasteiger partial charge in [0.15, 0.2) is 5.69 Å². The molecule has 3 aromatic rings. The zero-order chi connectivity index (χ0) is 25.7. The van der Waals surface area contributed by atoms with E-state index in [1.165, 1.54) is 9.58 Å². The van der Waals surface area contributed by atoms with Crippen molar-refractivity contribution in [2.24, 2.45) is 0 Å². The van der Waals surface area contributed by atoms with Gasteiger partial charge in [0.25, 0.3) is 11.8 Å². The molecule has 0 aliphatic carbocycles. The summed E-state index contributed by atoms with van der Waals surface area (Å²) in [6, 6.07) is 12.3. The summed E-state index contributed by atoms with van der Waals surface area (Å²) in [6.07, 6.45) is 2.64. The number of benzene rings is 2. The van der Waals surface area contributed by atoms with Crippen molar-refractivity contribution in [3.8, 4) is 11.8 Å². The van der Waals surface area contributed by atoms with Gasteiger partial charge in [0.05, 0.1) is 23.5 Å². The Kier molecular flexibility index (Phi) is 5.30. The Hall–Kier alpha value is -4.85. The summed E-state index contributed by atoms with van der Waals surface area (Å²) >= 11 is 0. The monoisotopic (exact) mass is 495 g/mol. The molecule has 1 atom stereocenters. The van der Waals surface area contributed by atoms with Gasteiger partial charge >= 0.3 is 0 Å². The van der Waals surface area contributed by atoms with Gasteiger partial charge in [-0.2, -0.15) is 5.26 Å². The summed E-state index contributed by atoms with van der Waals surface area (Å²) < 4.78 is 1.48. The lowest BCUT2D eigenvalue weighted by Gasteiger charge is -2.29. The van der Waals surface area contributed by atoms with Crippen LogP contribution in [0.1, 0.15) is 55.9 Å². The molecular formula is C26H21N7O4. The smallest absolute Gasteiger partial charge is 0.276 e. The molecule has 4 amide bonds. The quantitative estimate of drug-likeness (QED) is 0.536. The predicted molar refractivity (Wildman–Crippen MR) is 127 cm³/mol. The lowest BCUT2D eigenvalue weighted by Crippen LogP contribution is -2.52. The molecule has 1 unspecified atom stereocenters. The Morgan fingerprint density at radius 3 is 2.76 bits per heavy atom. The summed E-state index contributed by atoms with van der Waals surface area (Å²) in [4.78, 5) is 53.0. The largest absolute Gasteiger partial charge is 0.333 e. The number of hydrogen-bond acceptors (Lipinski definition) is 7. The number of carbonyl (C=O) groups is 4.